The Morgan fingerprint density at radius 1 is 0.875 bits per heavy atom. The Kier molecular flexibility index (Phi) is 3.91. The fraction of sp³-hybridized carbons (Fsp3) is 0.400. The number of aryl methyl sites for hydroxylation is 1. The summed E-state index contributed by atoms with van der Waals surface area (Å²) in [7, 11) is 0. The number of rotatable bonds is 2. The molecule has 0 bridgehead atoms. The summed E-state index contributed by atoms with van der Waals surface area (Å²) in [4.78, 5) is 0. The smallest absolute Gasteiger partial charge is 0.167 e. The minimum absolute atomic E-state index is 0.0625. The average molecular weight is 348 g/mol. The van der Waals surface area contributed by atoms with Crippen LogP contribution in [0, 0.1) is 24.4 Å². The molecule has 0 spiro atoms. The predicted molar refractivity (Wildman–Crippen MR) is 94.0 cm³/mol. The van der Waals surface area contributed by atoms with Gasteiger partial charge in [-0.15, -0.1) is 0 Å². The Hall–Kier alpha value is -1.42. The van der Waals surface area contributed by atoms with Gasteiger partial charge in [0.15, 0.2) is 11.6 Å². The van der Waals surface area contributed by atoms with Crippen LogP contribution in [0.3, 0.4) is 0 Å². The van der Waals surface area contributed by atoms with E-state index in [1.807, 2.05) is 17.8 Å². The molecule has 2 aromatic rings. The Balaban J connectivity index is 1.75. The molecule has 0 N–H and O–H groups in total. The Labute approximate surface area is 144 Å². The van der Waals surface area contributed by atoms with Crippen molar-refractivity contribution in [3.8, 4) is 22.3 Å². The molecule has 0 radical (unpaired) electrons. The van der Waals surface area contributed by atoms with Crippen molar-refractivity contribution in [1.82, 2.24) is 0 Å². The highest BCUT2D eigenvalue weighted by molar-refractivity contribution is 7.99. The zero-order valence-electron chi connectivity index (χ0n) is 13.8. The van der Waals surface area contributed by atoms with Crippen LogP contribution in [0.4, 0.5) is 13.2 Å². The van der Waals surface area contributed by atoms with Crippen molar-refractivity contribution in [1.29, 1.82) is 0 Å². The minimum atomic E-state index is -0.883. The molecule has 0 aliphatic heterocycles. The molecular formula is C20H19F3S. The molecule has 0 amide bonds. The predicted octanol–water partition coefficient (Wildman–Crippen LogP) is 6.45. The first-order chi connectivity index (χ1) is 11.5. The fourth-order valence-electron chi connectivity index (χ4n) is 4.10. The van der Waals surface area contributed by atoms with E-state index in [1.54, 1.807) is 19.1 Å². The summed E-state index contributed by atoms with van der Waals surface area (Å²) in [6.45, 7) is 1.64. The van der Waals surface area contributed by atoms with Crippen LogP contribution >= 0.6 is 11.8 Å². The van der Waals surface area contributed by atoms with E-state index in [9.17, 15) is 13.2 Å². The van der Waals surface area contributed by atoms with E-state index in [0.29, 0.717) is 27.5 Å². The molecule has 24 heavy (non-hydrogen) atoms. The lowest BCUT2D eigenvalue weighted by Crippen LogP contribution is -2.17. The summed E-state index contributed by atoms with van der Waals surface area (Å²) in [6.07, 6.45) is 5.94. The quantitative estimate of drug-likeness (QED) is 0.513. The molecule has 2 aliphatic rings. The van der Waals surface area contributed by atoms with Gasteiger partial charge >= 0.3 is 0 Å². The Morgan fingerprint density at radius 3 is 2.21 bits per heavy atom. The van der Waals surface area contributed by atoms with E-state index in [2.05, 4.69) is 6.26 Å². The van der Waals surface area contributed by atoms with E-state index in [1.165, 1.54) is 0 Å². The van der Waals surface area contributed by atoms with Crippen LogP contribution in [-0.4, -0.2) is 11.5 Å². The van der Waals surface area contributed by atoms with Gasteiger partial charge in [-0.25, -0.2) is 13.2 Å². The van der Waals surface area contributed by atoms with Crippen LogP contribution in [0.5, 0.6) is 0 Å². The van der Waals surface area contributed by atoms with Crippen LogP contribution in [0.25, 0.3) is 22.3 Å². The largest absolute Gasteiger partial charge is 0.206 e. The molecule has 0 nitrogen and oxygen atoms in total. The second-order valence-electron chi connectivity index (χ2n) is 6.84. The van der Waals surface area contributed by atoms with Gasteiger partial charge in [-0.05, 0) is 73.1 Å². The first kappa shape index (κ1) is 16.1. The molecule has 2 aromatic carbocycles. The van der Waals surface area contributed by atoms with E-state index in [0.717, 1.165) is 25.7 Å². The minimum Gasteiger partial charge on any atom is -0.206 e. The molecule has 0 heterocycles. The molecule has 126 valence electrons. The second kappa shape index (κ2) is 5.83. The summed E-state index contributed by atoms with van der Waals surface area (Å²) in [5, 5.41) is 0.624. The van der Waals surface area contributed by atoms with Crippen molar-refractivity contribution in [2.24, 2.45) is 0 Å². The first-order valence-electron chi connectivity index (χ1n) is 8.37. The number of thioether (sulfide) groups is 1. The van der Waals surface area contributed by atoms with Crippen LogP contribution in [-0.2, 0) is 0 Å². The van der Waals surface area contributed by atoms with Crippen molar-refractivity contribution in [3.63, 3.8) is 0 Å². The third-order valence-electron chi connectivity index (χ3n) is 5.56. The summed E-state index contributed by atoms with van der Waals surface area (Å²) in [5.74, 6) is -2.04. The molecule has 0 unspecified atom stereocenters. The first-order valence-corrected chi connectivity index (χ1v) is 9.66. The van der Waals surface area contributed by atoms with E-state index in [-0.39, 0.29) is 17.0 Å². The van der Waals surface area contributed by atoms with Crippen LogP contribution in [0.15, 0.2) is 18.2 Å². The zero-order valence-corrected chi connectivity index (χ0v) is 14.6. The van der Waals surface area contributed by atoms with Crippen LogP contribution in [0.2, 0.25) is 0 Å². The van der Waals surface area contributed by atoms with E-state index >= 15 is 0 Å². The molecular weight excluding hydrogens is 329 g/mol. The molecule has 1 saturated carbocycles. The molecule has 4 heteroatoms. The fourth-order valence-corrected chi connectivity index (χ4v) is 4.84. The monoisotopic (exact) mass is 348 g/mol. The van der Waals surface area contributed by atoms with Gasteiger partial charge < -0.3 is 0 Å². The average Bonchev–Trinajstić information content (AvgIpc) is 2.58. The van der Waals surface area contributed by atoms with Gasteiger partial charge in [0.2, 0.25) is 0 Å². The summed E-state index contributed by atoms with van der Waals surface area (Å²) >= 11 is 1.85. The maximum absolute atomic E-state index is 14.7. The lowest BCUT2D eigenvalue weighted by molar-refractivity contribution is 0.424. The second-order valence-corrected chi connectivity index (χ2v) is 7.98. The van der Waals surface area contributed by atoms with E-state index in [4.69, 9.17) is 0 Å². The maximum atomic E-state index is 14.7. The van der Waals surface area contributed by atoms with Crippen molar-refractivity contribution >= 4 is 11.8 Å². The maximum Gasteiger partial charge on any atom is 0.167 e. The van der Waals surface area contributed by atoms with Gasteiger partial charge in [0.1, 0.15) is 5.82 Å². The van der Waals surface area contributed by atoms with Crippen LogP contribution in [0.1, 0.15) is 42.7 Å². The number of fused-ring (bicyclic) bond motifs is 4. The zero-order chi connectivity index (χ0) is 17.0. The molecule has 0 atom stereocenters. The molecule has 1 fully saturated rings. The lowest BCUT2D eigenvalue weighted by atomic mass is 9.75. The number of hydrogen-bond acceptors (Lipinski definition) is 1. The highest BCUT2D eigenvalue weighted by Crippen LogP contribution is 2.53. The highest BCUT2D eigenvalue weighted by Gasteiger charge is 2.35. The van der Waals surface area contributed by atoms with Crippen molar-refractivity contribution in [3.05, 3.63) is 46.8 Å². The van der Waals surface area contributed by atoms with Crippen molar-refractivity contribution in [2.45, 2.75) is 43.8 Å². The van der Waals surface area contributed by atoms with Gasteiger partial charge in [-0.1, -0.05) is 12.1 Å². The third kappa shape index (κ3) is 2.22. The van der Waals surface area contributed by atoms with Gasteiger partial charge in [0, 0.05) is 16.4 Å². The standard InChI is InChI=1S/C20H19F3S/c1-10-3-8-13-15-9-14(11-4-6-12(24-2)7-5-11)19(22)20(23)17(15)16(13)18(10)21/h3,8-9,11-12H,4-7H2,1-2H3. The Morgan fingerprint density at radius 2 is 1.54 bits per heavy atom. The van der Waals surface area contributed by atoms with Crippen molar-refractivity contribution < 1.29 is 13.2 Å². The number of halogens is 3. The van der Waals surface area contributed by atoms with E-state index < -0.39 is 17.5 Å². The number of benzene rings is 2. The molecule has 4 rings (SSSR count). The van der Waals surface area contributed by atoms with Gasteiger partial charge in [0.25, 0.3) is 0 Å². The number of hydrogen-bond donors (Lipinski definition) is 0. The molecule has 2 aliphatic carbocycles. The summed E-state index contributed by atoms with van der Waals surface area (Å²) < 4.78 is 43.6. The van der Waals surface area contributed by atoms with Gasteiger partial charge in [-0.2, -0.15) is 11.8 Å². The van der Waals surface area contributed by atoms with Crippen LogP contribution < -0.4 is 0 Å². The SMILES string of the molecule is CSC1CCC(c2cc3c(c(F)c2F)-c2c-3ccc(C)c2F)CC1. The molecule has 0 aromatic heterocycles. The Bertz CT molecular complexity index is 820. The topological polar surface area (TPSA) is 0 Å². The third-order valence-corrected chi connectivity index (χ3v) is 6.70. The lowest BCUT2D eigenvalue weighted by Gasteiger charge is -2.31. The van der Waals surface area contributed by atoms with Gasteiger partial charge in [0.05, 0.1) is 0 Å². The summed E-state index contributed by atoms with van der Waals surface area (Å²) in [6, 6.07) is 5.26. The van der Waals surface area contributed by atoms with Crippen molar-refractivity contribution in [2.75, 3.05) is 6.26 Å². The summed E-state index contributed by atoms with van der Waals surface area (Å²) in [5.41, 5.74) is 2.64. The molecule has 0 saturated heterocycles. The highest BCUT2D eigenvalue weighted by atomic mass is 32.2. The van der Waals surface area contributed by atoms with Gasteiger partial charge in [-0.3, -0.25) is 0 Å². The normalized spacial score (nSPS) is 21.9.